The third-order valence-electron chi connectivity index (χ3n) is 2.95. The highest BCUT2D eigenvalue weighted by Crippen LogP contribution is 2.29. The molecule has 0 amide bonds. The van der Waals surface area contributed by atoms with Crippen molar-refractivity contribution in [1.82, 2.24) is 4.98 Å². The molecular weight excluding hydrogens is 216 g/mol. The molecule has 0 spiro atoms. The average Bonchev–Trinajstić information content (AvgIpc) is 3.09. The fourth-order valence-electron chi connectivity index (χ4n) is 1.63. The van der Waals surface area contributed by atoms with E-state index in [2.05, 4.69) is 10.3 Å². The molecule has 0 saturated heterocycles. The standard InChI is InChI=1S/C13H18N2O2/c1-8(2)11-5-10(13(16)17)6-12(15-11)14-7-9-3-4-9/h5-6,8-9H,3-4,7H2,1-2H3,(H,14,15)(H,16,17). The van der Waals surface area contributed by atoms with Crippen molar-refractivity contribution in [1.29, 1.82) is 0 Å². The zero-order valence-corrected chi connectivity index (χ0v) is 10.2. The summed E-state index contributed by atoms with van der Waals surface area (Å²) < 4.78 is 0. The van der Waals surface area contributed by atoms with Gasteiger partial charge in [0.1, 0.15) is 5.82 Å². The molecule has 0 aromatic carbocycles. The van der Waals surface area contributed by atoms with E-state index in [1.54, 1.807) is 12.1 Å². The lowest BCUT2D eigenvalue weighted by molar-refractivity contribution is 0.0696. The molecule has 4 nitrogen and oxygen atoms in total. The second-order valence-electron chi connectivity index (χ2n) is 4.95. The number of carbonyl (C=O) groups is 1. The summed E-state index contributed by atoms with van der Waals surface area (Å²) in [7, 11) is 0. The van der Waals surface area contributed by atoms with Crippen LogP contribution in [0.1, 0.15) is 48.7 Å². The van der Waals surface area contributed by atoms with Crippen LogP contribution in [0.25, 0.3) is 0 Å². The maximum Gasteiger partial charge on any atom is 0.335 e. The summed E-state index contributed by atoms with van der Waals surface area (Å²) in [6, 6.07) is 3.26. The molecule has 1 aromatic heterocycles. The number of rotatable bonds is 5. The van der Waals surface area contributed by atoms with Gasteiger partial charge in [0.2, 0.25) is 0 Å². The molecule has 1 fully saturated rings. The quantitative estimate of drug-likeness (QED) is 0.822. The number of aromatic nitrogens is 1. The lowest BCUT2D eigenvalue weighted by Crippen LogP contribution is -2.09. The van der Waals surface area contributed by atoms with Crippen LogP contribution in [-0.4, -0.2) is 22.6 Å². The van der Waals surface area contributed by atoms with E-state index in [4.69, 9.17) is 5.11 Å². The Morgan fingerprint density at radius 2 is 2.24 bits per heavy atom. The molecule has 4 heteroatoms. The first kappa shape index (κ1) is 11.9. The summed E-state index contributed by atoms with van der Waals surface area (Å²) in [5, 5.41) is 12.3. The lowest BCUT2D eigenvalue weighted by atomic mass is 10.1. The van der Waals surface area contributed by atoms with Crippen molar-refractivity contribution in [3.8, 4) is 0 Å². The van der Waals surface area contributed by atoms with Gasteiger partial charge >= 0.3 is 5.97 Å². The van der Waals surface area contributed by atoms with Gasteiger partial charge in [0.25, 0.3) is 0 Å². The molecule has 2 rings (SSSR count). The molecule has 1 aromatic rings. The molecule has 2 N–H and O–H groups in total. The molecular formula is C13H18N2O2. The van der Waals surface area contributed by atoms with Crippen molar-refractivity contribution in [2.24, 2.45) is 5.92 Å². The molecule has 1 aliphatic carbocycles. The molecule has 1 saturated carbocycles. The molecule has 0 bridgehead atoms. The van der Waals surface area contributed by atoms with Gasteiger partial charge in [0.15, 0.2) is 0 Å². The van der Waals surface area contributed by atoms with Crippen LogP contribution in [0.2, 0.25) is 0 Å². The number of hydrogen-bond acceptors (Lipinski definition) is 3. The largest absolute Gasteiger partial charge is 0.478 e. The second-order valence-corrected chi connectivity index (χ2v) is 4.95. The second kappa shape index (κ2) is 4.73. The highest BCUT2D eigenvalue weighted by Gasteiger charge is 2.21. The number of nitrogens with zero attached hydrogens (tertiary/aromatic N) is 1. The van der Waals surface area contributed by atoms with Crippen molar-refractivity contribution in [3.63, 3.8) is 0 Å². The maximum absolute atomic E-state index is 11.0. The topological polar surface area (TPSA) is 62.2 Å². The van der Waals surface area contributed by atoms with Crippen LogP contribution in [-0.2, 0) is 0 Å². The summed E-state index contributed by atoms with van der Waals surface area (Å²) in [5.74, 6) is 0.757. The van der Waals surface area contributed by atoms with Crippen molar-refractivity contribution in [2.45, 2.75) is 32.6 Å². The van der Waals surface area contributed by atoms with Crippen LogP contribution >= 0.6 is 0 Å². The van der Waals surface area contributed by atoms with Crippen LogP contribution in [0.15, 0.2) is 12.1 Å². The summed E-state index contributed by atoms with van der Waals surface area (Å²) in [6.45, 7) is 4.92. The van der Waals surface area contributed by atoms with Gasteiger partial charge in [-0.15, -0.1) is 0 Å². The summed E-state index contributed by atoms with van der Waals surface area (Å²) in [6.07, 6.45) is 2.53. The smallest absolute Gasteiger partial charge is 0.335 e. The summed E-state index contributed by atoms with van der Waals surface area (Å²) >= 11 is 0. The van der Waals surface area contributed by atoms with Gasteiger partial charge in [-0.3, -0.25) is 0 Å². The third kappa shape index (κ3) is 3.19. The third-order valence-corrected chi connectivity index (χ3v) is 2.95. The number of hydrogen-bond donors (Lipinski definition) is 2. The Morgan fingerprint density at radius 1 is 1.53 bits per heavy atom. The van der Waals surface area contributed by atoms with Crippen LogP contribution in [0.3, 0.4) is 0 Å². The first-order valence-corrected chi connectivity index (χ1v) is 6.05. The molecule has 92 valence electrons. The molecule has 1 aliphatic rings. The van der Waals surface area contributed by atoms with E-state index in [0.717, 1.165) is 18.2 Å². The van der Waals surface area contributed by atoms with Crippen LogP contribution in [0.5, 0.6) is 0 Å². The zero-order chi connectivity index (χ0) is 12.4. The van der Waals surface area contributed by atoms with E-state index in [1.165, 1.54) is 12.8 Å². The molecule has 0 atom stereocenters. The van der Waals surface area contributed by atoms with Gasteiger partial charge in [-0.1, -0.05) is 13.8 Å². The van der Waals surface area contributed by atoms with Gasteiger partial charge in [-0.2, -0.15) is 0 Å². The molecule has 17 heavy (non-hydrogen) atoms. The Morgan fingerprint density at radius 3 is 2.76 bits per heavy atom. The average molecular weight is 234 g/mol. The molecule has 0 radical (unpaired) electrons. The van der Waals surface area contributed by atoms with Crippen molar-refractivity contribution in [2.75, 3.05) is 11.9 Å². The Labute approximate surface area is 101 Å². The first-order valence-electron chi connectivity index (χ1n) is 6.05. The molecule has 0 aliphatic heterocycles. The minimum absolute atomic E-state index is 0.232. The van der Waals surface area contributed by atoms with E-state index in [1.807, 2.05) is 13.8 Å². The SMILES string of the molecule is CC(C)c1cc(C(=O)O)cc(NCC2CC2)n1. The first-order chi connectivity index (χ1) is 8.06. The number of anilines is 1. The maximum atomic E-state index is 11.0. The normalized spacial score (nSPS) is 15.0. The van der Waals surface area contributed by atoms with Crippen LogP contribution in [0.4, 0.5) is 5.82 Å². The van der Waals surface area contributed by atoms with Crippen LogP contribution in [0, 0.1) is 5.92 Å². The van der Waals surface area contributed by atoms with Crippen LogP contribution < -0.4 is 5.32 Å². The Bertz CT molecular complexity index is 425. The number of carboxylic acids is 1. The number of aromatic carboxylic acids is 1. The Kier molecular flexibility index (Phi) is 3.31. The van der Waals surface area contributed by atoms with Gasteiger partial charge in [0, 0.05) is 12.2 Å². The van der Waals surface area contributed by atoms with Gasteiger partial charge in [-0.25, -0.2) is 9.78 Å². The van der Waals surface area contributed by atoms with Crippen molar-refractivity contribution in [3.05, 3.63) is 23.4 Å². The minimum atomic E-state index is -0.899. The summed E-state index contributed by atoms with van der Waals surface area (Å²) in [5.41, 5.74) is 1.13. The highest BCUT2D eigenvalue weighted by atomic mass is 16.4. The van der Waals surface area contributed by atoms with E-state index < -0.39 is 5.97 Å². The van der Waals surface area contributed by atoms with E-state index in [9.17, 15) is 4.79 Å². The lowest BCUT2D eigenvalue weighted by Gasteiger charge is -2.10. The highest BCUT2D eigenvalue weighted by molar-refractivity contribution is 5.88. The Balaban J connectivity index is 2.19. The van der Waals surface area contributed by atoms with Gasteiger partial charge in [-0.05, 0) is 36.8 Å². The predicted molar refractivity (Wildman–Crippen MR) is 66.5 cm³/mol. The number of carboxylic acid groups (broad SMARTS) is 1. The predicted octanol–water partition coefficient (Wildman–Crippen LogP) is 2.73. The summed E-state index contributed by atoms with van der Waals surface area (Å²) in [4.78, 5) is 15.5. The number of pyridine rings is 1. The molecule has 0 unspecified atom stereocenters. The van der Waals surface area contributed by atoms with Gasteiger partial charge in [0.05, 0.1) is 5.56 Å². The van der Waals surface area contributed by atoms with E-state index >= 15 is 0 Å². The fraction of sp³-hybridized carbons (Fsp3) is 0.538. The van der Waals surface area contributed by atoms with Crippen molar-refractivity contribution >= 4 is 11.8 Å². The van der Waals surface area contributed by atoms with Gasteiger partial charge < -0.3 is 10.4 Å². The monoisotopic (exact) mass is 234 g/mol. The van der Waals surface area contributed by atoms with E-state index in [0.29, 0.717) is 11.4 Å². The van der Waals surface area contributed by atoms with Crippen molar-refractivity contribution < 1.29 is 9.90 Å². The van der Waals surface area contributed by atoms with E-state index in [-0.39, 0.29) is 5.92 Å². The minimum Gasteiger partial charge on any atom is -0.478 e. The number of nitrogens with one attached hydrogen (secondary N) is 1. The molecule has 1 heterocycles. The Hall–Kier alpha value is -1.58. The fourth-order valence-corrected chi connectivity index (χ4v) is 1.63. The zero-order valence-electron chi connectivity index (χ0n) is 10.2.